The Morgan fingerprint density at radius 3 is 2.93 bits per heavy atom. The lowest BCUT2D eigenvalue weighted by Gasteiger charge is -2.09. The van der Waals surface area contributed by atoms with Gasteiger partial charge in [-0.3, -0.25) is 4.98 Å². The van der Waals surface area contributed by atoms with Gasteiger partial charge in [0.1, 0.15) is 0 Å². The van der Waals surface area contributed by atoms with Gasteiger partial charge in [0.2, 0.25) is 0 Å². The summed E-state index contributed by atoms with van der Waals surface area (Å²) in [7, 11) is 0. The predicted octanol–water partition coefficient (Wildman–Crippen LogP) is 2.66. The molecule has 1 fully saturated rings. The Labute approximate surface area is 89.3 Å². The molecule has 0 unspecified atom stereocenters. The molecule has 0 amide bonds. The lowest BCUT2D eigenvalue weighted by molar-refractivity contribution is 0.630. The van der Waals surface area contributed by atoms with Crippen LogP contribution in [0.3, 0.4) is 0 Å². The number of pyridine rings is 1. The molecule has 1 aromatic heterocycles. The fraction of sp³-hybridized carbons (Fsp3) is 0.308. The van der Waals surface area contributed by atoms with Gasteiger partial charge in [-0.1, -0.05) is 24.3 Å². The lowest BCUT2D eigenvalue weighted by Crippen LogP contribution is -2.14. The Morgan fingerprint density at radius 1 is 1.13 bits per heavy atom. The molecular formula is C13H14N2. The molecule has 1 atom stereocenters. The summed E-state index contributed by atoms with van der Waals surface area (Å²) in [5, 5.41) is 4.70. The van der Waals surface area contributed by atoms with E-state index < -0.39 is 0 Å². The summed E-state index contributed by atoms with van der Waals surface area (Å²) in [5.41, 5.74) is 2.29. The number of hydrogen-bond acceptors (Lipinski definition) is 2. The van der Waals surface area contributed by atoms with Crippen LogP contribution in [-0.2, 0) is 0 Å². The zero-order valence-corrected chi connectivity index (χ0v) is 8.61. The molecule has 2 nitrogen and oxygen atoms in total. The molecule has 0 spiro atoms. The van der Waals surface area contributed by atoms with Crippen LogP contribution in [-0.4, -0.2) is 11.5 Å². The van der Waals surface area contributed by atoms with Crippen molar-refractivity contribution < 1.29 is 0 Å². The highest BCUT2D eigenvalue weighted by atomic mass is 15.0. The first-order valence-corrected chi connectivity index (χ1v) is 5.52. The Hall–Kier alpha value is -1.41. The van der Waals surface area contributed by atoms with Crippen molar-refractivity contribution in [1.29, 1.82) is 0 Å². The molecule has 0 radical (unpaired) electrons. The smallest absolute Gasteiger partial charge is 0.0706 e. The molecule has 1 aromatic carbocycles. The van der Waals surface area contributed by atoms with Crippen molar-refractivity contribution in [3.8, 4) is 0 Å². The second kappa shape index (κ2) is 3.63. The van der Waals surface area contributed by atoms with Crippen LogP contribution in [0.1, 0.15) is 24.6 Å². The van der Waals surface area contributed by atoms with Gasteiger partial charge in [0.25, 0.3) is 0 Å². The molecule has 1 aliphatic heterocycles. The Kier molecular flexibility index (Phi) is 2.14. The maximum absolute atomic E-state index is 4.69. The van der Waals surface area contributed by atoms with Crippen LogP contribution < -0.4 is 5.32 Å². The van der Waals surface area contributed by atoms with Gasteiger partial charge < -0.3 is 5.32 Å². The third-order valence-corrected chi connectivity index (χ3v) is 3.04. The maximum atomic E-state index is 4.69. The number of fused-ring (bicyclic) bond motifs is 1. The fourth-order valence-corrected chi connectivity index (χ4v) is 2.21. The van der Waals surface area contributed by atoms with Crippen molar-refractivity contribution >= 4 is 10.9 Å². The van der Waals surface area contributed by atoms with E-state index in [-0.39, 0.29) is 0 Å². The van der Waals surface area contributed by atoms with E-state index in [2.05, 4.69) is 35.6 Å². The standard InChI is InChI=1S/C13H14N2/c1-2-5-11-10(4-1)7-8-13(15-11)12-6-3-9-14-12/h1-2,4-5,7-8,12,14H,3,6,9H2/t12-/m1/s1. The molecule has 1 aliphatic rings. The highest BCUT2D eigenvalue weighted by Crippen LogP contribution is 2.23. The molecule has 76 valence electrons. The van der Waals surface area contributed by atoms with E-state index in [9.17, 15) is 0 Å². The van der Waals surface area contributed by atoms with Crippen molar-refractivity contribution in [2.45, 2.75) is 18.9 Å². The molecule has 15 heavy (non-hydrogen) atoms. The van der Waals surface area contributed by atoms with Crippen LogP contribution in [0.15, 0.2) is 36.4 Å². The quantitative estimate of drug-likeness (QED) is 0.762. The minimum atomic E-state index is 0.467. The van der Waals surface area contributed by atoms with E-state index in [4.69, 9.17) is 4.98 Å². The Bertz CT molecular complexity index is 473. The van der Waals surface area contributed by atoms with Crippen LogP contribution >= 0.6 is 0 Å². The van der Waals surface area contributed by atoms with E-state index in [1.807, 2.05) is 6.07 Å². The van der Waals surface area contributed by atoms with Gasteiger partial charge in [-0.25, -0.2) is 0 Å². The Morgan fingerprint density at radius 2 is 2.07 bits per heavy atom. The number of hydrogen-bond donors (Lipinski definition) is 1. The van der Waals surface area contributed by atoms with Crippen LogP contribution in [0.2, 0.25) is 0 Å². The summed E-state index contributed by atoms with van der Waals surface area (Å²) in [6.07, 6.45) is 2.48. The molecule has 2 heterocycles. The van der Waals surface area contributed by atoms with E-state index >= 15 is 0 Å². The van der Waals surface area contributed by atoms with Crippen molar-refractivity contribution in [1.82, 2.24) is 10.3 Å². The minimum absolute atomic E-state index is 0.467. The van der Waals surface area contributed by atoms with Crippen molar-refractivity contribution in [3.63, 3.8) is 0 Å². The van der Waals surface area contributed by atoms with E-state index in [0.717, 1.165) is 12.1 Å². The Balaban J connectivity index is 2.05. The number of aromatic nitrogens is 1. The van der Waals surface area contributed by atoms with E-state index in [0.29, 0.717) is 6.04 Å². The van der Waals surface area contributed by atoms with Gasteiger partial charge in [0, 0.05) is 11.4 Å². The average molecular weight is 198 g/mol. The maximum Gasteiger partial charge on any atom is 0.0706 e. The van der Waals surface area contributed by atoms with Crippen LogP contribution in [0.25, 0.3) is 10.9 Å². The number of nitrogens with one attached hydrogen (secondary N) is 1. The van der Waals surface area contributed by atoms with Crippen LogP contribution in [0.5, 0.6) is 0 Å². The molecule has 1 N–H and O–H groups in total. The zero-order valence-electron chi connectivity index (χ0n) is 8.61. The second-order valence-electron chi connectivity index (χ2n) is 4.08. The van der Waals surface area contributed by atoms with Gasteiger partial charge in [0.05, 0.1) is 11.2 Å². The first-order chi connectivity index (χ1) is 7.43. The number of nitrogens with zero attached hydrogens (tertiary/aromatic N) is 1. The van der Waals surface area contributed by atoms with Crippen molar-refractivity contribution in [2.24, 2.45) is 0 Å². The van der Waals surface area contributed by atoms with Gasteiger partial charge in [-0.05, 0) is 31.5 Å². The molecule has 2 heteroatoms. The highest BCUT2D eigenvalue weighted by Gasteiger charge is 2.17. The number of para-hydroxylation sites is 1. The molecule has 0 bridgehead atoms. The molecule has 0 aliphatic carbocycles. The third-order valence-electron chi connectivity index (χ3n) is 3.04. The fourth-order valence-electron chi connectivity index (χ4n) is 2.21. The predicted molar refractivity (Wildman–Crippen MR) is 61.7 cm³/mol. The first-order valence-electron chi connectivity index (χ1n) is 5.52. The summed E-state index contributed by atoms with van der Waals surface area (Å²) in [6.45, 7) is 1.12. The van der Waals surface area contributed by atoms with Crippen LogP contribution in [0.4, 0.5) is 0 Å². The van der Waals surface area contributed by atoms with E-state index in [1.165, 1.54) is 23.9 Å². The normalized spacial score (nSPS) is 20.9. The molecule has 1 saturated heterocycles. The van der Waals surface area contributed by atoms with Crippen LogP contribution in [0, 0.1) is 0 Å². The van der Waals surface area contributed by atoms with Gasteiger partial charge in [0.15, 0.2) is 0 Å². The topological polar surface area (TPSA) is 24.9 Å². The molecule has 3 rings (SSSR count). The van der Waals surface area contributed by atoms with Gasteiger partial charge >= 0.3 is 0 Å². The monoisotopic (exact) mass is 198 g/mol. The minimum Gasteiger partial charge on any atom is -0.309 e. The first kappa shape index (κ1) is 8.86. The third kappa shape index (κ3) is 1.61. The summed E-state index contributed by atoms with van der Waals surface area (Å²) in [5.74, 6) is 0. The highest BCUT2D eigenvalue weighted by molar-refractivity contribution is 5.78. The SMILES string of the molecule is c1ccc2nc([C@H]3CCCN3)ccc2c1. The number of rotatable bonds is 1. The zero-order chi connectivity index (χ0) is 10.1. The summed E-state index contributed by atoms with van der Waals surface area (Å²) in [4.78, 5) is 4.69. The average Bonchev–Trinajstić information content (AvgIpc) is 2.82. The molecule has 2 aromatic rings. The largest absolute Gasteiger partial charge is 0.309 e. The lowest BCUT2D eigenvalue weighted by atomic mass is 10.1. The van der Waals surface area contributed by atoms with Crippen molar-refractivity contribution in [3.05, 3.63) is 42.1 Å². The van der Waals surface area contributed by atoms with E-state index in [1.54, 1.807) is 0 Å². The molecule has 0 saturated carbocycles. The van der Waals surface area contributed by atoms with Crippen molar-refractivity contribution in [2.75, 3.05) is 6.54 Å². The summed E-state index contributed by atoms with van der Waals surface area (Å²) >= 11 is 0. The van der Waals surface area contributed by atoms with Gasteiger partial charge in [-0.2, -0.15) is 0 Å². The second-order valence-corrected chi connectivity index (χ2v) is 4.08. The van der Waals surface area contributed by atoms with Gasteiger partial charge in [-0.15, -0.1) is 0 Å². The summed E-state index contributed by atoms with van der Waals surface area (Å²) < 4.78 is 0. The molecular weight excluding hydrogens is 184 g/mol. The summed E-state index contributed by atoms with van der Waals surface area (Å²) in [6, 6.07) is 13.1. The number of benzene rings is 1.